The van der Waals surface area contributed by atoms with Crippen molar-refractivity contribution in [1.82, 2.24) is 0 Å². The molecule has 1 aliphatic rings. The Bertz CT molecular complexity index is 429. The minimum absolute atomic E-state index is 0.0115. The maximum absolute atomic E-state index is 10.6. The Kier molecular flexibility index (Phi) is 5.60. The smallest absolute Gasteiger partial charge is 0.188 e. The van der Waals surface area contributed by atoms with E-state index >= 15 is 0 Å². The molecule has 2 rings (SSSR count). The van der Waals surface area contributed by atoms with Crippen LogP contribution >= 0.6 is 0 Å². The summed E-state index contributed by atoms with van der Waals surface area (Å²) in [5, 5.41) is 9.24. The van der Waals surface area contributed by atoms with E-state index in [-0.39, 0.29) is 24.4 Å². The Balaban J connectivity index is 2.01. The number of aliphatic hydroxyl groups excluding tert-OH is 1. The van der Waals surface area contributed by atoms with Crippen LogP contribution in [0.2, 0.25) is 18.6 Å². The first-order valence-electron chi connectivity index (χ1n) is 7.96. The van der Waals surface area contributed by atoms with Gasteiger partial charge in [-0.1, -0.05) is 37.3 Å². The summed E-state index contributed by atoms with van der Waals surface area (Å²) in [7, 11) is -2.27. The number of hydrogen-bond donors (Lipinski definition) is 2. The number of hydrogen-bond acceptors (Lipinski definition) is 3. The molecule has 1 fully saturated rings. The molecule has 4 heteroatoms. The van der Waals surface area contributed by atoms with Gasteiger partial charge in [0.25, 0.3) is 0 Å². The molecule has 0 bridgehead atoms. The van der Waals surface area contributed by atoms with Crippen molar-refractivity contribution in [2.75, 3.05) is 6.61 Å². The first-order chi connectivity index (χ1) is 9.93. The topological polar surface area (TPSA) is 49.7 Å². The van der Waals surface area contributed by atoms with Gasteiger partial charge >= 0.3 is 0 Å². The van der Waals surface area contributed by atoms with Crippen LogP contribution < -0.4 is 0 Å². The number of ether oxygens (including phenoxy) is 1. The molecule has 1 heterocycles. The lowest BCUT2D eigenvalue weighted by Crippen LogP contribution is -2.40. The van der Waals surface area contributed by atoms with Gasteiger partial charge in [-0.2, -0.15) is 0 Å². The third-order valence-electron chi connectivity index (χ3n) is 4.69. The second kappa shape index (κ2) is 7.05. The van der Waals surface area contributed by atoms with Crippen LogP contribution in [0.25, 0.3) is 0 Å². The van der Waals surface area contributed by atoms with Crippen LogP contribution in [0.15, 0.2) is 30.3 Å². The molecule has 0 aliphatic carbocycles. The van der Waals surface area contributed by atoms with E-state index in [9.17, 15) is 9.90 Å². The summed E-state index contributed by atoms with van der Waals surface area (Å²) in [4.78, 5) is 10.6. The summed E-state index contributed by atoms with van der Waals surface area (Å²) in [6.45, 7) is 6.30. The molecule has 0 aromatic heterocycles. The molecule has 0 radical (unpaired) electrons. The van der Waals surface area contributed by atoms with Crippen LogP contribution in [0.3, 0.4) is 0 Å². The highest BCUT2D eigenvalue weighted by atomic mass is 28.4. The average molecular weight is 308 g/mol. The summed E-state index contributed by atoms with van der Waals surface area (Å²) in [6.07, 6.45) is 2.81. The Hall–Kier alpha value is -0.683. The normalized spacial score (nSPS) is 29.8. The van der Waals surface area contributed by atoms with Gasteiger partial charge in [-0.05, 0) is 43.8 Å². The lowest BCUT2D eigenvalue weighted by atomic mass is 9.95. The van der Waals surface area contributed by atoms with E-state index in [1.54, 1.807) is 0 Å². The van der Waals surface area contributed by atoms with Gasteiger partial charge in [0.05, 0.1) is 12.2 Å². The summed E-state index contributed by atoms with van der Waals surface area (Å²) in [5.74, 6) is 0.358. The lowest BCUT2D eigenvalue weighted by Gasteiger charge is -2.30. The first-order valence-corrected chi connectivity index (χ1v) is 11.0. The van der Waals surface area contributed by atoms with Gasteiger partial charge in [-0.15, -0.1) is 0 Å². The molecule has 0 amide bonds. The van der Waals surface area contributed by atoms with E-state index in [0.717, 1.165) is 12.8 Å². The van der Waals surface area contributed by atoms with Gasteiger partial charge in [0, 0.05) is 12.1 Å². The van der Waals surface area contributed by atoms with Crippen molar-refractivity contribution in [3.8, 4) is 0 Å². The van der Waals surface area contributed by atoms with E-state index in [1.165, 1.54) is 5.56 Å². The molecule has 118 valence electrons. The van der Waals surface area contributed by atoms with E-state index in [1.807, 2.05) is 19.2 Å². The highest BCUT2D eigenvalue weighted by Gasteiger charge is 2.49. The number of aryl methyl sites for hydroxylation is 1. The van der Waals surface area contributed by atoms with Gasteiger partial charge in [0.15, 0.2) is 8.32 Å². The lowest BCUT2D eigenvalue weighted by molar-refractivity contribution is 0.0192. The predicted molar refractivity (Wildman–Crippen MR) is 87.7 cm³/mol. The Morgan fingerprint density at radius 3 is 2.33 bits per heavy atom. The highest BCUT2D eigenvalue weighted by Crippen LogP contribution is 2.45. The standard InChI is InChI=1S/C17H28O3Si/c1-13-15(10-9-14-7-5-4-6-8-14)20-16(11-12-18)17(13)21(2,3)19/h4-8,13,15-19H,9-12H2,1-3H3/t13-,15+,16-,17+/m0/s1. The molecular weight excluding hydrogens is 280 g/mol. The molecule has 0 saturated carbocycles. The fourth-order valence-corrected chi connectivity index (χ4v) is 6.42. The van der Waals surface area contributed by atoms with Crippen LogP contribution in [0, 0.1) is 5.92 Å². The third-order valence-corrected chi connectivity index (χ3v) is 7.22. The van der Waals surface area contributed by atoms with Crippen molar-refractivity contribution in [2.24, 2.45) is 5.92 Å². The van der Waals surface area contributed by atoms with Crippen LogP contribution in [-0.2, 0) is 11.2 Å². The molecule has 0 spiro atoms. The largest absolute Gasteiger partial charge is 0.432 e. The minimum atomic E-state index is -2.27. The van der Waals surface area contributed by atoms with Crippen LogP contribution in [0.1, 0.15) is 25.3 Å². The second-order valence-corrected chi connectivity index (χ2v) is 10.8. The van der Waals surface area contributed by atoms with E-state index in [2.05, 4.69) is 31.2 Å². The Morgan fingerprint density at radius 1 is 1.10 bits per heavy atom. The average Bonchev–Trinajstić information content (AvgIpc) is 2.74. The molecule has 1 saturated heterocycles. The van der Waals surface area contributed by atoms with E-state index < -0.39 is 8.32 Å². The van der Waals surface area contributed by atoms with Gasteiger partial charge < -0.3 is 14.6 Å². The van der Waals surface area contributed by atoms with Crippen molar-refractivity contribution in [3.63, 3.8) is 0 Å². The number of aliphatic hydroxyl groups is 1. The van der Waals surface area contributed by atoms with Gasteiger partial charge in [0.1, 0.15) is 0 Å². The van der Waals surface area contributed by atoms with E-state index in [4.69, 9.17) is 4.74 Å². The summed E-state index contributed by atoms with van der Waals surface area (Å²) in [5.41, 5.74) is 1.54. The molecule has 0 unspecified atom stereocenters. The molecule has 4 atom stereocenters. The Labute approximate surface area is 129 Å². The SMILES string of the molecule is C[C@@H]1[C@@H]([Si](C)(C)O)[C@H](CCO)O[C@@H]1CCc1ccccc1. The molecule has 1 aliphatic heterocycles. The molecule has 3 nitrogen and oxygen atoms in total. The van der Waals surface area contributed by atoms with Crippen molar-refractivity contribution < 1.29 is 14.6 Å². The maximum Gasteiger partial charge on any atom is 0.188 e. The zero-order valence-electron chi connectivity index (χ0n) is 13.3. The van der Waals surface area contributed by atoms with Gasteiger partial charge in [-0.25, -0.2) is 0 Å². The minimum Gasteiger partial charge on any atom is -0.432 e. The monoisotopic (exact) mass is 308 g/mol. The zero-order chi connectivity index (χ0) is 15.5. The van der Waals surface area contributed by atoms with Gasteiger partial charge in [-0.3, -0.25) is 0 Å². The van der Waals surface area contributed by atoms with E-state index in [0.29, 0.717) is 12.3 Å². The van der Waals surface area contributed by atoms with Crippen LogP contribution in [0.4, 0.5) is 0 Å². The van der Waals surface area contributed by atoms with Crippen LogP contribution in [0.5, 0.6) is 0 Å². The van der Waals surface area contributed by atoms with Crippen molar-refractivity contribution in [1.29, 1.82) is 0 Å². The first kappa shape index (κ1) is 16.7. The number of benzene rings is 1. The fourth-order valence-electron chi connectivity index (χ4n) is 3.76. The predicted octanol–water partition coefficient (Wildman–Crippen LogP) is 2.97. The molecule has 1 aromatic carbocycles. The van der Waals surface area contributed by atoms with Crippen molar-refractivity contribution >= 4 is 8.32 Å². The zero-order valence-corrected chi connectivity index (χ0v) is 14.3. The van der Waals surface area contributed by atoms with Crippen molar-refractivity contribution in [3.05, 3.63) is 35.9 Å². The quantitative estimate of drug-likeness (QED) is 0.794. The van der Waals surface area contributed by atoms with Crippen molar-refractivity contribution in [2.45, 2.75) is 57.0 Å². The van der Waals surface area contributed by atoms with Gasteiger partial charge in [0.2, 0.25) is 0 Å². The summed E-state index contributed by atoms with van der Waals surface area (Å²) < 4.78 is 6.19. The highest BCUT2D eigenvalue weighted by molar-refractivity contribution is 6.71. The fraction of sp³-hybridized carbons (Fsp3) is 0.647. The maximum atomic E-state index is 10.6. The second-order valence-electron chi connectivity index (χ2n) is 6.79. The Morgan fingerprint density at radius 2 is 1.76 bits per heavy atom. The third kappa shape index (κ3) is 4.16. The van der Waals surface area contributed by atoms with Crippen LogP contribution in [-0.4, -0.2) is 37.0 Å². The molecule has 2 N–H and O–H groups in total. The summed E-state index contributed by atoms with van der Waals surface area (Å²) in [6, 6.07) is 10.5. The molecule has 21 heavy (non-hydrogen) atoms. The summed E-state index contributed by atoms with van der Waals surface area (Å²) >= 11 is 0. The molecular formula is C17H28O3Si. The molecule has 1 aromatic rings. The number of rotatable bonds is 6.